The number of nitrogens with two attached hydrogens (primary N) is 1. The molecule has 2 N–H and O–H groups in total. The van der Waals surface area contributed by atoms with Gasteiger partial charge in [0.15, 0.2) is 0 Å². The molecule has 1 unspecified atom stereocenters. The highest BCUT2D eigenvalue weighted by molar-refractivity contribution is 6.31. The standard InChI is InChI=1S/C17H17ClFN/c18-16-14(9-4-10-15(16)19)17(20)13-8-2-1-7-12(13)11-5-3-6-11/h1-2,4,7-11,17H,3,5-6,20H2. The van der Waals surface area contributed by atoms with Gasteiger partial charge in [-0.05, 0) is 41.5 Å². The minimum atomic E-state index is -0.416. The maximum atomic E-state index is 13.6. The summed E-state index contributed by atoms with van der Waals surface area (Å²) in [6, 6.07) is 12.6. The van der Waals surface area contributed by atoms with E-state index in [1.54, 1.807) is 12.1 Å². The van der Waals surface area contributed by atoms with E-state index in [0.29, 0.717) is 11.5 Å². The van der Waals surface area contributed by atoms with Crippen molar-refractivity contribution in [3.8, 4) is 0 Å². The largest absolute Gasteiger partial charge is 0.320 e. The molecule has 2 aromatic carbocycles. The fourth-order valence-corrected chi connectivity index (χ4v) is 3.06. The number of hydrogen-bond acceptors (Lipinski definition) is 1. The lowest BCUT2D eigenvalue weighted by Crippen LogP contribution is -2.18. The first-order valence-electron chi connectivity index (χ1n) is 6.97. The Kier molecular flexibility index (Phi) is 3.77. The van der Waals surface area contributed by atoms with E-state index in [2.05, 4.69) is 6.07 Å². The summed E-state index contributed by atoms with van der Waals surface area (Å²) in [5.74, 6) is 0.172. The van der Waals surface area contributed by atoms with E-state index >= 15 is 0 Å². The van der Waals surface area contributed by atoms with Gasteiger partial charge in [-0.1, -0.05) is 54.4 Å². The molecule has 20 heavy (non-hydrogen) atoms. The van der Waals surface area contributed by atoms with Crippen LogP contribution in [0.1, 0.15) is 47.9 Å². The van der Waals surface area contributed by atoms with Crippen LogP contribution in [-0.2, 0) is 0 Å². The van der Waals surface area contributed by atoms with E-state index in [1.165, 1.54) is 30.9 Å². The van der Waals surface area contributed by atoms with Gasteiger partial charge in [0, 0.05) is 0 Å². The zero-order valence-electron chi connectivity index (χ0n) is 11.2. The Hall–Kier alpha value is -1.38. The molecule has 1 aliphatic carbocycles. The molecule has 0 aliphatic heterocycles. The van der Waals surface area contributed by atoms with Gasteiger partial charge in [-0.2, -0.15) is 0 Å². The first-order valence-corrected chi connectivity index (χ1v) is 7.34. The van der Waals surface area contributed by atoms with Gasteiger partial charge in [0.2, 0.25) is 0 Å². The third kappa shape index (κ3) is 2.34. The molecular formula is C17H17ClFN. The number of hydrogen-bond donors (Lipinski definition) is 1. The van der Waals surface area contributed by atoms with E-state index < -0.39 is 5.82 Å². The minimum Gasteiger partial charge on any atom is -0.320 e. The maximum absolute atomic E-state index is 13.6. The molecule has 1 atom stereocenters. The second kappa shape index (κ2) is 5.55. The third-order valence-electron chi connectivity index (χ3n) is 4.19. The average Bonchev–Trinajstić information content (AvgIpc) is 2.40. The summed E-state index contributed by atoms with van der Waals surface area (Å²) >= 11 is 6.06. The maximum Gasteiger partial charge on any atom is 0.142 e. The molecule has 2 aromatic rings. The van der Waals surface area contributed by atoms with Crippen LogP contribution in [0.25, 0.3) is 0 Å². The lowest BCUT2D eigenvalue weighted by atomic mass is 9.76. The second-order valence-corrected chi connectivity index (χ2v) is 5.76. The van der Waals surface area contributed by atoms with Crippen LogP contribution in [-0.4, -0.2) is 0 Å². The van der Waals surface area contributed by atoms with Gasteiger partial charge in [0.05, 0.1) is 11.1 Å². The molecule has 1 saturated carbocycles. The van der Waals surface area contributed by atoms with E-state index in [4.69, 9.17) is 17.3 Å². The molecule has 1 nitrogen and oxygen atoms in total. The summed E-state index contributed by atoms with van der Waals surface area (Å²) in [5.41, 5.74) is 9.35. The van der Waals surface area contributed by atoms with Gasteiger partial charge in [-0.25, -0.2) is 4.39 Å². The predicted molar refractivity (Wildman–Crippen MR) is 80.5 cm³/mol. The van der Waals surface area contributed by atoms with Gasteiger partial charge < -0.3 is 5.73 Å². The Morgan fingerprint density at radius 3 is 2.45 bits per heavy atom. The van der Waals surface area contributed by atoms with Crippen molar-refractivity contribution in [2.75, 3.05) is 0 Å². The fourth-order valence-electron chi connectivity index (χ4n) is 2.81. The Morgan fingerprint density at radius 1 is 1.05 bits per heavy atom. The molecular weight excluding hydrogens is 273 g/mol. The molecule has 3 rings (SSSR count). The highest BCUT2D eigenvalue weighted by Crippen LogP contribution is 2.40. The summed E-state index contributed by atoms with van der Waals surface area (Å²) in [7, 11) is 0. The Balaban J connectivity index is 2.02. The summed E-state index contributed by atoms with van der Waals surface area (Å²) in [4.78, 5) is 0. The van der Waals surface area contributed by atoms with E-state index in [0.717, 1.165) is 5.56 Å². The van der Waals surface area contributed by atoms with Crippen molar-refractivity contribution < 1.29 is 4.39 Å². The number of halogens is 2. The molecule has 0 amide bonds. The average molecular weight is 290 g/mol. The molecule has 0 radical (unpaired) electrons. The van der Waals surface area contributed by atoms with Crippen molar-refractivity contribution in [1.82, 2.24) is 0 Å². The Labute approximate surface area is 123 Å². The second-order valence-electron chi connectivity index (χ2n) is 5.38. The van der Waals surface area contributed by atoms with Crippen LogP contribution < -0.4 is 5.73 Å². The van der Waals surface area contributed by atoms with Crippen molar-refractivity contribution in [1.29, 1.82) is 0 Å². The van der Waals surface area contributed by atoms with E-state index in [1.807, 2.05) is 18.2 Å². The Bertz CT molecular complexity index is 622. The molecule has 3 heteroatoms. The first-order chi connectivity index (χ1) is 9.68. The SMILES string of the molecule is NC(c1ccccc1C1CCC1)c1cccc(F)c1Cl. The monoisotopic (exact) mass is 289 g/mol. The lowest BCUT2D eigenvalue weighted by molar-refractivity contribution is 0.416. The van der Waals surface area contributed by atoms with Crippen LogP contribution >= 0.6 is 11.6 Å². The van der Waals surface area contributed by atoms with Crippen LogP contribution in [0.5, 0.6) is 0 Å². The number of benzene rings is 2. The molecule has 0 spiro atoms. The highest BCUT2D eigenvalue weighted by Gasteiger charge is 2.25. The van der Waals surface area contributed by atoms with Gasteiger partial charge >= 0.3 is 0 Å². The van der Waals surface area contributed by atoms with Gasteiger partial charge in [0.25, 0.3) is 0 Å². The summed E-state index contributed by atoms with van der Waals surface area (Å²) in [5, 5.41) is 0.128. The topological polar surface area (TPSA) is 26.0 Å². The predicted octanol–water partition coefficient (Wildman–Crippen LogP) is 4.79. The first kappa shape index (κ1) is 13.6. The van der Waals surface area contributed by atoms with Crippen molar-refractivity contribution in [2.45, 2.75) is 31.2 Å². The zero-order chi connectivity index (χ0) is 14.1. The van der Waals surface area contributed by atoms with Gasteiger partial charge in [-0.3, -0.25) is 0 Å². The van der Waals surface area contributed by atoms with Gasteiger partial charge in [0.1, 0.15) is 5.82 Å². The molecule has 104 valence electrons. The van der Waals surface area contributed by atoms with Crippen LogP contribution in [0.15, 0.2) is 42.5 Å². The van der Waals surface area contributed by atoms with Crippen molar-refractivity contribution in [3.05, 3.63) is 70.0 Å². The smallest absolute Gasteiger partial charge is 0.142 e. The summed E-state index contributed by atoms with van der Waals surface area (Å²) in [6.45, 7) is 0. The zero-order valence-corrected chi connectivity index (χ0v) is 11.9. The quantitative estimate of drug-likeness (QED) is 0.863. The van der Waals surface area contributed by atoms with E-state index in [-0.39, 0.29) is 11.1 Å². The minimum absolute atomic E-state index is 0.128. The summed E-state index contributed by atoms with van der Waals surface area (Å²) in [6.07, 6.45) is 3.69. The van der Waals surface area contributed by atoms with Crippen molar-refractivity contribution in [2.24, 2.45) is 5.73 Å². The van der Waals surface area contributed by atoms with Crippen LogP contribution in [0.2, 0.25) is 5.02 Å². The van der Waals surface area contributed by atoms with Crippen LogP contribution in [0, 0.1) is 5.82 Å². The van der Waals surface area contributed by atoms with Crippen LogP contribution in [0.3, 0.4) is 0 Å². The molecule has 1 aliphatic rings. The molecule has 0 saturated heterocycles. The normalized spacial score (nSPS) is 16.8. The van der Waals surface area contributed by atoms with E-state index in [9.17, 15) is 4.39 Å². The highest BCUT2D eigenvalue weighted by atomic mass is 35.5. The van der Waals surface area contributed by atoms with Crippen LogP contribution in [0.4, 0.5) is 4.39 Å². The third-order valence-corrected chi connectivity index (χ3v) is 4.59. The molecule has 0 bridgehead atoms. The molecule has 0 aromatic heterocycles. The van der Waals surface area contributed by atoms with Crippen molar-refractivity contribution >= 4 is 11.6 Å². The van der Waals surface area contributed by atoms with Gasteiger partial charge in [-0.15, -0.1) is 0 Å². The summed E-state index contributed by atoms with van der Waals surface area (Å²) < 4.78 is 13.6. The molecule has 0 heterocycles. The fraction of sp³-hybridized carbons (Fsp3) is 0.294. The molecule has 1 fully saturated rings. The lowest BCUT2D eigenvalue weighted by Gasteiger charge is -2.29. The Morgan fingerprint density at radius 2 is 1.75 bits per heavy atom. The van der Waals surface area contributed by atoms with Crippen molar-refractivity contribution in [3.63, 3.8) is 0 Å². The number of rotatable bonds is 3.